The van der Waals surface area contributed by atoms with Crippen molar-refractivity contribution in [3.8, 4) is 5.75 Å². The maximum Gasteiger partial charge on any atom is 0.308 e. The molecule has 0 aliphatic heterocycles. The van der Waals surface area contributed by atoms with E-state index in [0.717, 1.165) is 11.6 Å². The minimum atomic E-state index is -1.03. The molecule has 0 fully saturated rings. The van der Waals surface area contributed by atoms with Gasteiger partial charge in [0, 0.05) is 12.1 Å². The van der Waals surface area contributed by atoms with Crippen LogP contribution in [0.25, 0.3) is 0 Å². The van der Waals surface area contributed by atoms with E-state index in [1.165, 1.54) is 13.2 Å². The van der Waals surface area contributed by atoms with Crippen LogP contribution in [0.3, 0.4) is 0 Å². The number of methoxy groups -OCH3 is 1. The first-order valence-corrected chi connectivity index (χ1v) is 7.80. The van der Waals surface area contributed by atoms with Gasteiger partial charge in [-0.05, 0) is 48.7 Å². The molecule has 132 valence electrons. The lowest BCUT2D eigenvalue weighted by atomic mass is 9.98. The summed E-state index contributed by atoms with van der Waals surface area (Å²) in [6.07, 6.45) is 0.210. The van der Waals surface area contributed by atoms with Crippen molar-refractivity contribution in [1.82, 2.24) is 5.32 Å². The number of hydrogen-bond acceptors (Lipinski definition) is 3. The number of carbonyl (C=O) groups is 2. The quantitative estimate of drug-likeness (QED) is 0.809. The lowest BCUT2D eigenvalue weighted by molar-refractivity contribution is -0.141. The highest BCUT2D eigenvalue weighted by atomic mass is 19.1. The Bertz CT molecular complexity index is 756. The van der Waals surface area contributed by atoms with Crippen LogP contribution >= 0.6 is 0 Å². The van der Waals surface area contributed by atoms with E-state index in [4.69, 9.17) is 4.74 Å². The Labute approximate surface area is 145 Å². The highest BCUT2D eigenvalue weighted by Crippen LogP contribution is 2.21. The average Bonchev–Trinajstić information content (AvgIpc) is 2.57. The number of hydrogen-bond donors (Lipinski definition) is 2. The monoisotopic (exact) mass is 345 g/mol. The first-order chi connectivity index (χ1) is 11.9. The van der Waals surface area contributed by atoms with Gasteiger partial charge in [0.15, 0.2) is 0 Å². The predicted molar refractivity (Wildman–Crippen MR) is 91.3 cm³/mol. The van der Waals surface area contributed by atoms with Crippen LogP contribution in [0.2, 0.25) is 0 Å². The number of aliphatic carboxylic acids is 1. The zero-order valence-corrected chi connectivity index (χ0v) is 14.1. The number of rotatable bonds is 7. The lowest BCUT2D eigenvalue weighted by Crippen LogP contribution is -2.34. The number of para-hydroxylation sites is 1. The molecule has 0 bridgehead atoms. The zero-order chi connectivity index (χ0) is 18.4. The molecule has 0 aromatic heterocycles. The number of benzene rings is 2. The molecule has 2 aromatic rings. The van der Waals surface area contributed by atoms with Gasteiger partial charge in [-0.25, -0.2) is 4.39 Å². The highest BCUT2D eigenvalue weighted by molar-refractivity contribution is 5.94. The topological polar surface area (TPSA) is 75.6 Å². The van der Waals surface area contributed by atoms with E-state index in [-0.39, 0.29) is 18.5 Å². The number of carboxylic acid groups (broad SMARTS) is 1. The van der Waals surface area contributed by atoms with Crippen molar-refractivity contribution in [2.75, 3.05) is 13.7 Å². The first kappa shape index (κ1) is 18.4. The molecule has 25 heavy (non-hydrogen) atoms. The second-order valence-electron chi connectivity index (χ2n) is 5.78. The van der Waals surface area contributed by atoms with Crippen molar-refractivity contribution < 1.29 is 23.8 Å². The third kappa shape index (κ3) is 5.04. The summed E-state index contributed by atoms with van der Waals surface area (Å²) >= 11 is 0. The van der Waals surface area contributed by atoms with E-state index in [2.05, 4.69) is 5.32 Å². The van der Waals surface area contributed by atoms with Gasteiger partial charge >= 0.3 is 5.97 Å². The fraction of sp³-hybridized carbons (Fsp3) is 0.263. The second kappa shape index (κ2) is 8.28. The Morgan fingerprint density at radius 1 is 1.24 bits per heavy atom. The molecule has 1 unspecified atom stereocenters. The average molecular weight is 345 g/mol. The van der Waals surface area contributed by atoms with Crippen LogP contribution in [-0.2, 0) is 11.2 Å². The fourth-order valence-corrected chi connectivity index (χ4v) is 2.57. The van der Waals surface area contributed by atoms with Gasteiger partial charge in [0.1, 0.15) is 11.6 Å². The summed E-state index contributed by atoms with van der Waals surface area (Å²) in [6.45, 7) is 1.61. The molecule has 6 heteroatoms. The minimum absolute atomic E-state index is 0.0677. The van der Waals surface area contributed by atoms with E-state index >= 15 is 0 Å². The molecule has 1 atom stereocenters. The zero-order valence-electron chi connectivity index (χ0n) is 14.1. The Hall–Kier alpha value is -2.89. The molecular weight excluding hydrogens is 325 g/mol. The normalized spacial score (nSPS) is 11.6. The third-order valence-electron chi connectivity index (χ3n) is 3.82. The first-order valence-electron chi connectivity index (χ1n) is 7.80. The molecule has 0 saturated heterocycles. The Morgan fingerprint density at radius 3 is 2.60 bits per heavy atom. The third-order valence-corrected chi connectivity index (χ3v) is 3.82. The molecule has 2 N–H and O–H groups in total. The van der Waals surface area contributed by atoms with Crippen LogP contribution in [0.5, 0.6) is 5.75 Å². The SMILES string of the molecule is COc1ccccc1CC(CNC(=O)c1cc(C)cc(F)c1)C(=O)O. The molecule has 1 amide bonds. The standard InChI is InChI=1S/C19H20FNO4/c1-12-7-14(10-16(20)8-12)18(22)21-11-15(19(23)24)9-13-5-3-4-6-17(13)25-2/h3-8,10,15H,9,11H2,1-2H3,(H,21,22)(H,23,24). The van der Waals surface area contributed by atoms with Crippen LogP contribution < -0.4 is 10.1 Å². The highest BCUT2D eigenvalue weighted by Gasteiger charge is 2.21. The van der Waals surface area contributed by atoms with E-state index < -0.39 is 23.6 Å². The van der Waals surface area contributed by atoms with Crippen LogP contribution in [0.4, 0.5) is 4.39 Å². The largest absolute Gasteiger partial charge is 0.496 e. The molecule has 0 aliphatic rings. The Morgan fingerprint density at radius 2 is 1.96 bits per heavy atom. The van der Waals surface area contributed by atoms with Crippen molar-refractivity contribution in [2.24, 2.45) is 5.92 Å². The van der Waals surface area contributed by atoms with Gasteiger partial charge in [-0.2, -0.15) is 0 Å². The predicted octanol–water partition coefficient (Wildman–Crippen LogP) is 2.82. The Balaban J connectivity index is 2.06. The van der Waals surface area contributed by atoms with E-state index in [0.29, 0.717) is 11.3 Å². The molecule has 2 rings (SSSR count). The molecular formula is C19H20FNO4. The van der Waals surface area contributed by atoms with Crippen LogP contribution in [0, 0.1) is 18.7 Å². The van der Waals surface area contributed by atoms with Crippen molar-refractivity contribution in [3.63, 3.8) is 0 Å². The number of halogens is 1. The van der Waals surface area contributed by atoms with Gasteiger partial charge in [-0.3, -0.25) is 9.59 Å². The van der Waals surface area contributed by atoms with E-state index in [1.807, 2.05) is 0 Å². The number of aryl methyl sites for hydroxylation is 1. The summed E-state index contributed by atoms with van der Waals surface area (Å²) in [4.78, 5) is 23.7. The van der Waals surface area contributed by atoms with Gasteiger partial charge in [-0.1, -0.05) is 18.2 Å². The van der Waals surface area contributed by atoms with Gasteiger partial charge in [0.2, 0.25) is 0 Å². The molecule has 0 heterocycles. The van der Waals surface area contributed by atoms with Crippen molar-refractivity contribution >= 4 is 11.9 Å². The number of nitrogens with one attached hydrogen (secondary N) is 1. The van der Waals surface area contributed by atoms with E-state index in [1.54, 1.807) is 37.3 Å². The number of amides is 1. The van der Waals surface area contributed by atoms with Gasteiger partial charge in [0.25, 0.3) is 5.91 Å². The summed E-state index contributed by atoms with van der Waals surface area (Å²) in [5.41, 5.74) is 1.53. The summed E-state index contributed by atoms with van der Waals surface area (Å²) < 4.78 is 18.6. The number of carboxylic acids is 1. The smallest absolute Gasteiger partial charge is 0.308 e. The van der Waals surface area contributed by atoms with Crippen molar-refractivity contribution in [2.45, 2.75) is 13.3 Å². The minimum Gasteiger partial charge on any atom is -0.496 e. The van der Waals surface area contributed by atoms with Crippen molar-refractivity contribution in [1.29, 1.82) is 0 Å². The lowest BCUT2D eigenvalue weighted by Gasteiger charge is -2.15. The summed E-state index contributed by atoms with van der Waals surface area (Å²) in [7, 11) is 1.52. The molecule has 0 radical (unpaired) electrons. The molecule has 5 nitrogen and oxygen atoms in total. The molecule has 0 spiro atoms. The van der Waals surface area contributed by atoms with Crippen molar-refractivity contribution in [3.05, 3.63) is 65.0 Å². The maximum absolute atomic E-state index is 13.4. The summed E-state index contributed by atoms with van der Waals surface area (Å²) in [6, 6.07) is 11.1. The maximum atomic E-state index is 13.4. The summed E-state index contributed by atoms with van der Waals surface area (Å²) in [5, 5.41) is 12.0. The van der Waals surface area contributed by atoms with Crippen LogP contribution in [-0.4, -0.2) is 30.6 Å². The van der Waals surface area contributed by atoms with E-state index in [9.17, 15) is 19.1 Å². The molecule has 0 aliphatic carbocycles. The Kier molecular flexibility index (Phi) is 6.11. The van der Waals surface area contributed by atoms with Gasteiger partial charge in [0.05, 0.1) is 13.0 Å². The second-order valence-corrected chi connectivity index (χ2v) is 5.78. The van der Waals surface area contributed by atoms with Crippen LogP contribution in [0.1, 0.15) is 21.5 Å². The van der Waals surface area contributed by atoms with Crippen LogP contribution in [0.15, 0.2) is 42.5 Å². The number of ether oxygens (including phenoxy) is 1. The van der Waals surface area contributed by atoms with Gasteiger partial charge in [-0.15, -0.1) is 0 Å². The molecule has 2 aromatic carbocycles. The molecule has 0 saturated carbocycles. The summed E-state index contributed by atoms with van der Waals surface area (Å²) in [5.74, 6) is -2.26. The van der Waals surface area contributed by atoms with Gasteiger partial charge < -0.3 is 15.2 Å². The fourth-order valence-electron chi connectivity index (χ4n) is 2.57. The number of carbonyl (C=O) groups excluding carboxylic acids is 1.